The van der Waals surface area contributed by atoms with Gasteiger partial charge in [-0.15, -0.1) is 12.3 Å². The zero-order valence-corrected chi connectivity index (χ0v) is 15.1. The van der Waals surface area contributed by atoms with Crippen LogP contribution in [0.15, 0.2) is 53.0 Å². The van der Waals surface area contributed by atoms with Gasteiger partial charge in [-0.1, -0.05) is 27.8 Å². The summed E-state index contributed by atoms with van der Waals surface area (Å²) in [5.41, 5.74) is 0.768. The van der Waals surface area contributed by atoms with E-state index in [4.69, 9.17) is 16.6 Å². The number of hydrogen-bond acceptors (Lipinski definition) is 2. The predicted molar refractivity (Wildman–Crippen MR) is 99.6 cm³/mol. The second-order valence-corrected chi connectivity index (χ2v) is 5.31. The first-order valence-electron chi connectivity index (χ1n) is 7.34. The molecule has 0 saturated heterocycles. The third-order valence-electron chi connectivity index (χ3n) is 2.37. The maximum atomic E-state index is 12.4. The minimum Gasteiger partial charge on any atom is -0.395 e. The number of benzene rings is 2. The Morgan fingerprint density at radius 1 is 0.840 bits per heavy atom. The van der Waals surface area contributed by atoms with Gasteiger partial charge in [-0.25, -0.2) is 8.78 Å². The van der Waals surface area contributed by atoms with Crippen molar-refractivity contribution in [3.05, 3.63) is 70.2 Å². The molecule has 0 spiro atoms. The molecule has 0 aliphatic carbocycles. The van der Waals surface area contributed by atoms with E-state index in [0.29, 0.717) is 12.8 Å². The van der Waals surface area contributed by atoms with Gasteiger partial charge < -0.3 is 10.2 Å². The van der Waals surface area contributed by atoms with Crippen LogP contribution in [0.4, 0.5) is 8.78 Å². The van der Waals surface area contributed by atoms with Crippen LogP contribution in [0.5, 0.6) is 0 Å². The van der Waals surface area contributed by atoms with Gasteiger partial charge in [-0.2, -0.15) is 0 Å². The lowest BCUT2D eigenvalue weighted by atomic mass is 10.2. The van der Waals surface area contributed by atoms with E-state index in [1.54, 1.807) is 24.3 Å². The van der Waals surface area contributed by atoms with Crippen LogP contribution in [0, 0.1) is 35.8 Å². The maximum absolute atomic E-state index is 12.4. The first-order chi connectivity index (χ1) is 12.0. The minimum absolute atomic E-state index is 0.0637. The highest BCUT2D eigenvalue weighted by atomic mass is 79.9. The van der Waals surface area contributed by atoms with Gasteiger partial charge in [-0.3, -0.25) is 0 Å². The highest BCUT2D eigenvalue weighted by Crippen LogP contribution is 2.08. The van der Waals surface area contributed by atoms with E-state index in [0.717, 1.165) is 10.0 Å². The fraction of sp³-hybridized carbons (Fsp3) is 0.200. The third-order valence-corrected chi connectivity index (χ3v) is 2.90. The zero-order valence-electron chi connectivity index (χ0n) is 13.6. The van der Waals surface area contributed by atoms with Crippen molar-refractivity contribution in [2.24, 2.45) is 0 Å². The average Bonchev–Trinajstić information content (AvgIpc) is 2.61. The Morgan fingerprint density at radius 2 is 1.32 bits per heavy atom. The lowest BCUT2D eigenvalue weighted by Gasteiger charge is -1.88. The molecule has 0 bridgehead atoms. The van der Waals surface area contributed by atoms with Crippen molar-refractivity contribution in [3.63, 3.8) is 0 Å². The normalized spacial score (nSPS) is 8.48. The molecule has 132 valence electrons. The summed E-state index contributed by atoms with van der Waals surface area (Å²) < 4.78 is 25.4. The maximum Gasteiger partial charge on any atom is 0.123 e. The summed E-state index contributed by atoms with van der Waals surface area (Å²) in [5, 5.41) is 16.3. The molecular weight excluding hydrogens is 390 g/mol. The van der Waals surface area contributed by atoms with Crippen molar-refractivity contribution < 1.29 is 19.0 Å². The number of aliphatic hydroxyl groups excluding tert-OH is 2. The standard InChI is InChI=1S/C10H9FO.C6H4BrF.C4H6O/c11-10-6-4-9(5-7-10)3-1-2-8-12;7-5-1-3-6(8)4-2-5;1-2-3-4-5/h4-7,12H,2,8H2;1-4H;1,5H,3-4H2. The number of halogens is 3. The lowest BCUT2D eigenvalue weighted by molar-refractivity contribution is 0.304. The molecular formula is C20H19BrF2O2. The Balaban J connectivity index is 0.000000382. The Labute approximate surface area is 155 Å². The Kier molecular flexibility index (Phi) is 14.0. The fourth-order valence-electron chi connectivity index (χ4n) is 1.25. The Morgan fingerprint density at radius 3 is 1.68 bits per heavy atom. The molecule has 0 radical (unpaired) electrons. The molecule has 2 aromatic carbocycles. The van der Waals surface area contributed by atoms with Crippen LogP contribution in [-0.4, -0.2) is 23.4 Å². The van der Waals surface area contributed by atoms with Gasteiger partial charge in [-0.05, 0) is 48.5 Å². The summed E-state index contributed by atoms with van der Waals surface area (Å²) in [6, 6.07) is 12.1. The van der Waals surface area contributed by atoms with Crippen molar-refractivity contribution in [2.45, 2.75) is 12.8 Å². The second kappa shape index (κ2) is 15.4. The summed E-state index contributed by atoms with van der Waals surface area (Å²) in [7, 11) is 0. The molecule has 25 heavy (non-hydrogen) atoms. The molecule has 2 aromatic rings. The van der Waals surface area contributed by atoms with Crippen LogP contribution in [0.25, 0.3) is 0 Å². The SMILES string of the molecule is C#CCCO.Fc1ccc(Br)cc1.OCCC#Cc1ccc(F)cc1. The smallest absolute Gasteiger partial charge is 0.123 e. The monoisotopic (exact) mass is 408 g/mol. The quantitative estimate of drug-likeness (QED) is 0.732. The number of terminal acetylenes is 1. The third kappa shape index (κ3) is 13.9. The van der Waals surface area contributed by atoms with Gasteiger partial charge in [0.05, 0.1) is 13.2 Å². The van der Waals surface area contributed by atoms with E-state index >= 15 is 0 Å². The van der Waals surface area contributed by atoms with Gasteiger partial charge in [0.15, 0.2) is 0 Å². The van der Waals surface area contributed by atoms with E-state index in [9.17, 15) is 8.78 Å². The largest absolute Gasteiger partial charge is 0.395 e. The van der Waals surface area contributed by atoms with Gasteiger partial charge in [0.25, 0.3) is 0 Å². The van der Waals surface area contributed by atoms with Crippen LogP contribution < -0.4 is 0 Å². The van der Waals surface area contributed by atoms with Crippen molar-refractivity contribution in [2.75, 3.05) is 13.2 Å². The van der Waals surface area contributed by atoms with E-state index in [1.165, 1.54) is 24.3 Å². The van der Waals surface area contributed by atoms with E-state index in [-0.39, 0.29) is 24.8 Å². The van der Waals surface area contributed by atoms with Gasteiger partial charge in [0.1, 0.15) is 11.6 Å². The van der Waals surface area contributed by atoms with Crippen molar-refractivity contribution >= 4 is 15.9 Å². The zero-order chi connectivity index (χ0) is 18.9. The highest BCUT2D eigenvalue weighted by molar-refractivity contribution is 9.10. The summed E-state index contributed by atoms with van der Waals surface area (Å²) in [6.45, 7) is 0.171. The van der Waals surface area contributed by atoms with Crippen LogP contribution in [0.3, 0.4) is 0 Å². The van der Waals surface area contributed by atoms with Crippen LogP contribution in [0.2, 0.25) is 0 Å². The highest BCUT2D eigenvalue weighted by Gasteiger charge is 1.87. The van der Waals surface area contributed by atoms with Crippen molar-refractivity contribution in [1.82, 2.24) is 0 Å². The fourth-order valence-corrected chi connectivity index (χ4v) is 1.51. The van der Waals surface area contributed by atoms with Gasteiger partial charge in [0.2, 0.25) is 0 Å². The second-order valence-electron chi connectivity index (χ2n) is 4.40. The van der Waals surface area contributed by atoms with Gasteiger partial charge in [0, 0.05) is 22.9 Å². The molecule has 2 N–H and O–H groups in total. The van der Waals surface area contributed by atoms with Crippen LogP contribution >= 0.6 is 15.9 Å². The molecule has 2 nitrogen and oxygen atoms in total. The Hall–Kier alpha value is -2.18. The number of rotatable bonds is 2. The summed E-state index contributed by atoms with van der Waals surface area (Å²) in [6.07, 6.45) is 5.66. The van der Waals surface area contributed by atoms with Crippen LogP contribution in [-0.2, 0) is 0 Å². The molecule has 0 unspecified atom stereocenters. The summed E-state index contributed by atoms with van der Waals surface area (Å²) >= 11 is 3.18. The minimum atomic E-state index is -0.261. The molecule has 0 aliphatic rings. The summed E-state index contributed by atoms with van der Waals surface area (Å²) in [4.78, 5) is 0. The molecule has 2 rings (SSSR count). The van der Waals surface area contributed by atoms with Crippen LogP contribution in [0.1, 0.15) is 18.4 Å². The molecule has 5 heteroatoms. The first kappa shape index (κ1) is 22.8. The lowest BCUT2D eigenvalue weighted by Crippen LogP contribution is -1.78. The van der Waals surface area contributed by atoms with E-state index in [1.807, 2.05) is 0 Å². The molecule has 0 saturated carbocycles. The topological polar surface area (TPSA) is 40.5 Å². The van der Waals surface area contributed by atoms with Crippen molar-refractivity contribution in [3.8, 4) is 24.2 Å². The summed E-state index contributed by atoms with van der Waals surface area (Å²) in [5.74, 6) is 7.35. The first-order valence-corrected chi connectivity index (χ1v) is 8.13. The average molecular weight is 409 g/mol. The van der Waals surface area contributed by atoms with E-state index in [2.05, 4.69) is 33.7 Å². The number of aliphatic hydroxyl groups is 2. The number of hydrogen-bond donors (Lipinski definition) is 2. The Bertz CT molecular complexity index is 660. The molecule has 0 fully saturated rings. The molecule has 0 aliphatic heterocycles. The molecule has 0 atom stereocenters. The van der Waals surface area contributed by atoms with Gasteiger partial charge >= 0.3 is 0 Å². The van der Waals surface area contributed by atoms with Crippen molar-refractivity contribution in [1.29, 1.82) is 0 Å². The molecule has 0 heterocycles. The molecule has 0 amide bonds. The predicted octanol–water partition coefficient (Wildman–Crippen LogP) is 4.15. The molecule has 0 aromatic heterocycles. The van der Waals surface area contributed by atoms with E-state index < -0.39 is 0 Å².